The van der Waals surface area contributed by atoms with Crippen LogP contribution in [-0.2, 0) is 27.7 Å². The smallest absolute Gasteiger partial charge is 0.337 e. The molecule has 1 aliphatic carbocycles. The van der Waals surface area contributed by atoms with Gasteiger partial charge >= 0.3 is 11.9 Å². The van der Waals surface area contributed by atoms with Crippen molar-refractivity contribution >= 4 is 11.9 Å². The van der Waals surface area contributed by atoms with Gasteiger partial charge in [-0.2, -0.15) is 5.21 Å². The second-order valence-corrected chi connectivity index (χ2v) is 8.05. The van der Waals surface area contributed by atoms with Crippen LogP contribution in [0.25, 0.3) is 0 Å². The number of carbonyl (C=O) groups excluding carboxylic acids is 2. The average molecular weight is 435 g/mol. The summed E-state index contributed by atoms with van der Waals surface area (Å²) in [7, 11) is 2.72. The van der Waals surface area contributed by atoms with Crippen molar-refractivity contribution in [3.8, 4) is 0 Å². The van der Waals surface area contributed by atoms with E-state index >= 15 is 0 Å². The first-order chi connectivity index (χ1) is 15.4. The number of nitrogens with two attached hydrogens (primary N) is 1. The van der Waals surface area contributed by atoms with Crippen molar-refractivity contribution < 1.29 is 19.1 Å². The van der Waals surface area contributed by atoms with E-state index in [9.17, 15) is 9.59 Å². The summed E-state index contributed by atoms with van der Waals surface area (Å²) in [5.41, 5.74) is 10.3. The van der Waals surface area contributed by atoms with Gasteiger partial charge in [0.05, 0.1) is 30.8 Å². The zero-order chi connectivity index (χ0) is 22.9. The standard InChI is InChI=1S/C23H25N5O4/c1-13(24)12-23(22-25-27-28-26-22)18-8-6-16(20(29)31-2)10-14(18)4-5-15-11-17(21(30)32-3)7-9-19(15)23/h6-11,13H,4-5,12,24H2,1-3H3,(H,25,26,27,28)/t13-/m0/s1. The summed E-state index contributed by atoms with van der Waals surface area (Å²) in [6.45, 7) is 1.93. The number of aryl methyl sites for hydroxylation is 2. The van der Waals surface area contributed by atoms with Gasteiger partial charge in [-0.15, -0.1) is 10.2 Å². The van der Waals surface area contributed by atoms with Crippen LogP contribution in [0.3, 0.4) is 0 Å². The van der Waals surface area contributed by atoms with E-state index in [2.05, 4.69) is 20.6 Å². The van der Waals surface area contributed by atoms with Crippen LogP contribution in [0.2, 0.25) is 0 Å². The number of rotatable bonds is 5. The molecule has 166 valence electrons. The minimum atomic E-state index is -0.814. The lowest BCUT2D eigenvalue weighted by Gasteiger charge is -2.35. The monoisotopic (exact) mass is 435 g/mol. The van der Waals surface area contributed by atoms with Crippen LogP contribution < -0.4 is 5.73 Å². The molecule has 0 saturated carbocycles. The highest BCUT2D eigenvalue weighted by molar-refractivity contribution is 5.90. The van der Waals surface area contributed by atoms with Gasteiger partial charge in [0, 0.05) is 6.04 Å². The van der Waals surface area contributed by atoms with E-state index in [4.69, 9.17) is 15.2 Å². The van der Waals surface area contributed by atoms with Gasteiger partial charge in [-0.3, -0.25) is 0 Å². The highest BCUT2D eigenvalue weighted by Crippen LogP contribution is 2.46. The van der Waals surface area contributed by atoms with E-state index in [1.807, 2.05) is 31.2 Å². The summed E-state index contributed by atoms with van der Waals surface area (Å²) in [5, 5.41) is 15.1. The molecular weight excluding hydrogens is 410 g/mol. The molecular formula is C23H25N5O4. The number of fused-ring (bicyclic) bond motifs is 2. The summed E-state index contributed by atoms with van der Waals surface area (Å²) in [6.07, 6.45) is 1.80. The Balaban J connectivity index is 2.02. The first-order valence-corrected chi connectivity index (χ1v) is 10.3. The maximum Gasteiger partial charge on any atom is 0.337 e. The molecule has 3 aromatic rings. The highest BCUT2D eigenvalue weighted by atomic mass is 16.5. The predicted molar refractivity (Wildman–Crippen MR) is 115 cm³/mol. The van der Waals surface area contributed by atoms with E-state index in [1.54, 1.807) is 12.1 Å². The van der Waals surface area contributed by atoms with Crippen molar-refractivity contribution in [3.05, 3.63) is 75.6 Å². The molecule has 0 fully saturated rings. The number of hydrogen-bond acceptors (Lipinski definition) is 8. The summed E-state index contributed by atoms with van der Waals surface area (Å²) in [6, 6.07) is 10.8. The number of esters is 2. The zero-order valence-electron chi connectivity index (χ0n) is 18.2. The lowest BCUT2D eigenvalue weighted by molar-refractivity contribution is 0.0591. The summed E-state index contributed by atoms with van der Waals surface area (Å²) in [4.78, 5) is 24.4. The average Bonchev–Trinajstić information content (AvgIpc) is 3.31. The van der Waals surface area contributed by atoms with Crippen LogP contribution in [0, 0.1) is 0 Å². The Kier molecular flexibility index (Phi) is 5.75. The Bertz CT molecular complexity index is 1090. The SMILES string of the molecule is COC(=O)c1ccc2c(c1)CCc1cc(C(=O)OC)ccc1C2(C[C@H](C)N)c1nn[nH]n1. The Hall–Kier alpha value is -3.59. The maximum absolute atomic E-state index is 12.2. The number of H-pyrrole nitrogens is 1. The van der Waals surface area contributed by atoms with E-state index in [0.717, 1.165) is 22.3 Å². The van der Waals surface area contributed by atoms with Crippen LogP contribution in [0.5, 0.6) is 0 Å². The van der Waals surface area contributed by atoms with E-state index in [-0.39, 0.29) is 6.04 Å². The Morgan fingerprint density at radius 1 is 1.03 bits per heavy atom. The third-order valence-corrected chi connectivity index (χ3v) is 5.99. The lowest BCUT2D eigenvalue weighted by Crippen LogP contribution is -2.38. The molecule has 0 spiro atoms. The van der Waals surface area contributed by atoms with Crippen LogP contribution in [0.4, 0.5) is 0 Å². The molecule has 3 N–H and O–H groups in total. The number of carbonyl (C=O) groups is 2. The molecule has 1 atom stereocenters. The minimum Gasteiger partial charge on any atom is -0.465 e. The van der Waals surface area contributed by atoms with Crippen molar-refractivity contribution in [2.24, 2.45) is 5.73 Å². The molecule has 1 aromatic heterocycles. The fourth-order valence-electron chi connectivity index (χ4n) is 4.72. The molecule has 9 nitrogen and oxygen atoms in total. The zero-order valence-corrected chi connectivity index (χ0v) is 18.2. The van der Waals surface area contributed by atoms with Crippen LogP contribution in [0.1, 0.15) is 62.1 Å². The van der Waals surface area contributed by atoms with Gasteiger partial charge in [0.25, 0.3) is 0 Å². The number of aromatic amines is 1. The number of nitrogens with zero attached hydrogens (tertiary/aromatic N) is 3. The van der Waals surface area contributed by atoms with Crippen LogP contribution in [0.15, 0.2) is 36.4 Å². The molecule has 1 heterocycles. The molecule has 0 aliphatic heterocycles. The van der Waals surface area contributed by atoms with Gasteiger partial charge in [0.15, 0.2) is 5.82 Å². The number of ether oxygens (including phenoxy) is 2. The van der Waals surface area contributed by atoms with Gasteiger partial charge in [-0.1, -0.05) is 17.3 Å². The molecule has 9 heteroatoms. The molecule has 1 aliphatic rings. The summed E-state index contributed by atoms with van der Waals surface area (Å²) >= 11 is 0. The largest absolute Gasteiger partial charge is 0.465 e. The van der Waals surface area contributed by atoms with Crippen molar-refractivity contribution in [1.82, 2.24) is 20.6 Å². The van der Waals surface area contributed by atoms with Crippen molar-refractivity contribution in [3.63, 3.8) is 0 Å². The second kappa shape index (κ2) is 8.51. The van der Waals surface area contributed by atoms with Crippen LogP contribution in [-0.4, -0.2) is 52.8 Å². The molecule has 0 bridgehead atoms. The molecule has 0 amide bonds. The Morgan fingerprint density at radius 3 is 1.97 bits per heavy atom. The highest BCUT2D eigenvalue weighted by Gasteiger charge is 2.45. The fourth-order valence-corrected chi connectivity index (χ4v) is 4.72. The second-order valence-electron chi connectivity index (χ2n) is 8.05. The topological polar surface area (TPSA) is 133 Å². The summed E-state index contributed by atoms with van der Waals surface area (Å²) < 4.78 is 9.83. The van der Waals surface area contributed by atoms with Crippen molar-refractivity contribution in [2.45, 2.75) is 37.6 Å². The lowest BCUT2D eigenvalue weighted by atomic mass is 9.68. The third kappa shape index (κ3) is 3.54. The minimum absolute atomic E-state index is 0.201. The van der Waals surface area contributed by atoms with E-state index in [0.29, 0.717) is 36.2 Å². The van der Waals surface area contributed by atoms with Gasteiger partial charge < -0.3 is 15.2 Å². The normalized spacial score (nSPS) is 15.1. The van der Waals surface area contributed by atoms with Crippen LogP contribution >= 0.6 is 0 Å². The molecule has 32 heavy (non-hydrogen) atoms. The molecule has 2 aromatic carbocycles. The van der Waals surface area contributed by atoms with Gasteiger partial charge in [0.1, 0.15) is 0 Å². The predicted octanol–water partition coefficient (Wildman–Crippen LogP) is 1.94. The van der Waals surface area contributed by atoms with Gasteiger partial charge in [0.2, 0.25) is 0 Å². The van der Waals surface area contributed by atoms with Gasteiger partial charge in [-0.05, 0) is 72.7 Å². The number of hydrogen-bond donors (Lipinski definition) is 2. The fraction of sp³-hybridized carbons (Fsp3) is 0.348. The Morgan fingerprint density at radius 2 is 1.56 bits per heavy atom. The third-order valence-electron chi connectivity index (χ3n) is 5.99. The number of nitrogens with one attached hydrogen (secondary N) is 1. The van der Waals surface area contributed by atoms with Gasteiger partial charge in [-0.25, -0.2) is 9.59 Å². The Labute approximate surface area is 185 Å². The number of methoxy groups -OCH3 is 2. The first-order valence-electron chi connectivity index (χ1n) is 10.3. The number of aromatic nitrogens is 4. The molecule has 0 saturated heterocycles. The molecule has 0 radical (unpaired) electrons. The van der Waals surface area contributed by atoms with E-state index < -0.39 is 17.4 Å². The van der Waals surface area contributed by atoms with Crippen molar-refractivity contribution in [1.29, 1.82) is 0 Å². The van der Waals surface area contributed by atoms with Crippen molar-refractivity contribution in [2.75, 3.05) is 14.2 Å². The maximum atomic E-state index is 12.2. The molecule has 0 unspecified atom stereocenters. The summed E-state index contributed by atoms with van der Waals surface area (Å²) in [5.74, 6) is -0.323. The van der Waals surface area contributed by atoms with E-state index in [1.165, 1.54) is 14.2 Å². The number of benzene rings is 2. The quantitative estimate of drug-likeness (QED) is 0.581. The molecule has 4 rings (SSSR count). The number of tetrazole rings is 1. The first kappa shape index (κ1) is 21.6.